The molecule has 17 heavy (non-hydrogen) atoms. The van der Waals surface area contributed by atoms with Gasteiger partial charge in [0.25, 0.3) is 6.43 Å². The van der Waals surface area contributed by atoms with Crippen molar-refractivity contribution in [3.63, 3.8) is 0 Å². The monoisotopic (exact) mass is 257 g/mol. The van der Waals surface area contributed by atoms with Crippen molar-refractivity contribution < 1.29 is 8.78 Å². The third kappa shape index (κ3) is 2.44. The van der Waals surface area contributed by atoms with Crippen molar-refractivity contribution in [2.45, 2.75) is 19.8 Å². The van der Waals surface area contributed by atoms with Crippen molar-refractivity contribution in [1.29, 1.82) is 0 Å². The maximum absolute atomic E-state index is 12.4. The van der Waals surface area contributed by atoms with Crippen LogP contribution >= 0.6 is 11.6 Å². The van der Waals surface area contributed by atoms with Crippen LogP contribution in [0.2, 0.25) is 5.02 Å². The van der Waals surface area contributed by atoms with Crippen LogP contribution < -0.4 is 0 Å². The number of rotatable bonds is 3. The standard InChI is InChI=1S/C11H10ClF2N3/c1-2-7-5-8(12)3-4-10(7)17-6-9(11(13)14)15-16-17/h3-6,11H,2H2,1H3. The molecule has 0 saturated carbocycles. The molecule has 0 aliphatic heterocycles. The lowest BCUT2D eigenvalue weighted by molar-refractivity contribution is 0.146. The van der Waals surface area contributed by atoms with Gasteiger partial charge in [-0.3, -0.25) is 0 Å². The highest BCUT2D eigenvalue weighted by Crippen LogP contribution is 2.21. The molecular weight excluding hydrogens is 248 g/mol. The Balaban J connectivity index is 2.44. The zero-order chi connectivity index (χ0) is 12.4. The van der Waals surface area contributed by atoms with Gasteiger partial charge in [-0.05, 0) is 30.2 Å². The molecule has 0 radical (unpaired) electrons. The minimum absolute atomic E-state index is 0.331. The third-order valence-corrected chi connectivity index (χ3v) is 2.64. The maximum atomic E-state index is 12.4. The van der Waals surface area contributed by atoms with E-state index < -0.39 is 6.43 Å². The van der Waals surface area contributed by atoms with Crippen LogP contribution in [0.25, 0.3) is 5.69 Å². The lowest BCUT2D eigenvalue weighted by atomic mass is 10.1. The van der Waals surface area contributed by atoms with Crippen molar-refractivity contribution in [2.75, 3.05) is 0 Å². The van der Waals surface area contributed by atoms with Gasteiger partial charge in [0.15, 0.2) is 0 Å². The van der Waals surface area contributed by atoms with Crippen LogP contribution in [0.4, 0.5) is 8.78 Å². The summed E-state index contributed by atoms with van der Waals surface area (Å²) in [6, 6.07) is 5.23. The highest BCUT2D eigenvalue weighted by Gasteiger charge is 2.13. The summed E-state index contributed by atoms with van der Waals surface area (Å²) in [5, 5.41) is 7.72. The van der Waals surface area contributed by atoms with Gasteiger partial charge in [0, 0.05) is 5.02 Å². The fourth-order valence-electron chi connectivity index (χ4n) is 1.56. The Morgan fingerprint density at radius 2 is 2.18 bits per heavy atom. The molecule has 3 nitrogen and oxygen atoms in total. The summed E-state index contributed by atoms with van der Waals surface area (Å²) < 4.78 is 26.2. The van der Waals surface area contributed by atoms with E-state index in [4.69, 9.17) is 11.6 Å². The predicted molar refractivity (Wildman–Crippen MR) is 60.7 cm³/mol. The second-order valence-electron chi connectivity index (χ2n) is 3.52. The largest absolute Gasteiger partial charge is 0.283 e. The number of benzene rings is 1. The smallest absolute Gasteiger partial charge is 0.220 e. The third-order valence-electron chi connectivity index (χ3n) is 2.40. The van der Waals surface area contributed by atoms with Crippen molar-refractivity contribution in [3.05, 3.63) is 40.7 Å². The molecule has 0 bridgehead atoms. The van der Waals surface area contributed by atoms with Gasteiger partial charge in [-0.2, -0.15) is 0 Å². The van der Waals surface area contributed by atoms with Gasteiger partial charge >= 0.3 is 0 Å². The van der Waals surface area contributed by atoms with Crippen LogP contribution in [0.1, 0.15) is 24.6 Å². The van der Waals surface area contributed by atoms with Crippen molar-refractivity contribution in [1.82, 2.24) is 15.0 Å². The van der Waals surface area contributed by atoms with Gasteiger partial charge in [-0.15, -0.1) is 5.10 Å². The molecule has 0 saturated heterocycles. The summed E-state index contributed by atoms with van der Waals surface area (Å²) in [4.78, 5) is 0. The Labute approximate surface area is 102 Å². The summed E-state index contributed by atoms with van der Waals surface area (Å²) in [5.41, 5.74) is 1.32. The number of hydrogen-bond acceptors (Lipinski definition) is 2. The van der Waals surface area contributed by atoms with Crippen LogP contribution in [0, 0.1) is 0 Å². The summed E-state index contributed by atoms with van der Waals surface area (Å²) >= 11 is 5.87. The first-order chi connectivity index (χ1) is 8.11. The summed E-state index contributed by atoms with van der Waals surface area (Å²) in [6.07, 6.45) is -0.645. The van der Waals surface area contributed by atoms with Crippen LogP contribution in [-0.2, 0) is 6.42 Å². The Kier molecular flexibility index (Phi) is 3.38. The second-order valence-corrected chi connectivity index (χ2v) is 3.95. The summed E-state index contributed by atoms with van der Waals surface area (Å²) in [7, 11) is 0. The topological polar surface area (TPSA) is 30.7 Å². The van der Waals surface area contributed by atoms with Gasteiger partial charge in [-0.25, -0.2) is 13.5 Å². The molecule has 1 aromatic heterocycles. The Hall–Kier alpha value is -1.49. The minimum Gasteiger partial charge on any atom is -0.220 e. The molecule has 90 valence electrons. The van der Waals surface area contributed by atoms with Crippen molar-refractivity contribution in [3.8, 4) is 5.69 Å². The lowest BCUT2D eigenvalue weighted by Crippen LogP contribution is -1.99. The molecular formula is C11H10ClF2N3. The molecule has 0 aliphatic carbocycles. The zero-order valence-electron chi connectivity index (χ0n) is 9.07. The molecule has 6 heteroatoms. The molecule has 0 fully saturated rings. The molecule has 0 N–H and O–H groups in total. The van der Waals surface area contributed by atoms with E-state index >= 15 is 0 Å². The lowest BCUT2D eigenvalue weighted by Gasteiger charge is -2.07. The number of halogens is 3. The van der Waals surface area contributed by atoms with Crippen molar-refractivity contribution in [2.24, 2.45) is 0 Å². The number of alkyl halides is 2. The highest BCUT2D eigenvalue weighted by molar-refractivity contribution is 6.30. The summed E-state index contributed by atoms with van der Waals surface area (Å²) in [5.74, 6) is 0. The number of aromatic nitrogens is 3. The fourth-order valence-corrected chi connectivity index (χ4v) is 1.75. The van der Waals surface area contributed by atoms with Gasteiger partial charge < -0.3 is 0 Å². The molecule has 0 unspecified atom stereocenters. The maximum Gasteiger partial charge on any atom is 0.283 e. The van der Waals surface area contributed by atoms with E-state index in [-0.39, 0.29) is 5.69 Å². The second kappa shape index (κ2) is 4.79. The minimum atomic E-state index is -2.61. The Bertz CT molecular complexity index is 525. The molecule has 2 rings (SSSR count). The van der Waals surface area contributed by atoms with Crippen LogP contribution in [-0.4, -0.2) is 15.0 Å². The van der Waals surface area contributed by atoms with Crippen LogP contribution in [0.5, 0.6) is 0 Å². The highest BCUT2D eigenvalue weighted by atomic mass is 35.5. The molecule has 2 aromatic rings. The normalized spacial score (nSPS) is 11.1. The Morgan fingerprint density at radius 1 is 1.41 bits per heavy atom. The first-order valence-electron chi connectivity index (χ1n) is 5.11. The number of hydrogen-bond donors (Lipinski definition) is 0. The van der Waals surface area contributed by atoms with Gasteiger partial charge in [0.05, 0.1) is 11.9 Å². The van der Waals surface area contributed by atoms with Gasteiger partial charge in [0.2, 0.25) is 0 Å². The first-order valence-corrected chi connectivity index (χ1v) is 5.48. The average molecular weight is 258 g/mol. The van der Waals surface area contributed by atoms with E-state index in [2.05, 4.69) is 10.3 Å². The quantitative estimate of drug-likeness (QED) is 0.844. The Morgan fingerprint density at radius 3 is 2.76 bits per heavy atom. The van der Waals surface area contributed by atoms with E-state index in [9.17, 15) is 8.78 Å². The van der Waals surface area contributed by atoms with E-state index in [1.165, 1.54) is 10.9 Å². The first kappa shape index (κ1) is 12.0. The predicted octanol–water partition coefficient (Wildman–Crippen LogP) is 3.42. The van der Waals surface area contributed by atoms with Crippen LogP contribution in [0.3, 0.4) is 0 Å². The van der Waals surface area contributed by atoms with Gasteiger partial charge in [0.1, 0.15) is 5.69 Å². The molecule has 1 aromatic carbocycles. The molecule has 0 atom stereocenters. The average Bonchev–Trinajstić information content (AvgIpc) is 2.78. The van der Waals surface area contributed by atoms with Crippen LogP contribution in [0.15, 0.2) is 24.4 Å². The molecule has 0 amide bonds. The molecule has 0 spiro atoms. The molecule has 0 aliphatic rings. The molecule has 1 heterocycles. The van der Waals surface area contributed by atoms with Crippen molar-refractivity contribution >= 4 is 11.6 Å². The zero-order valence-corrected chi connectivity index (χ0v) is 9.83. The fraction of sp³-hybridized carbons (Fsp3) is 0.273. The van der Waals surface area contributed by atoms with E-state index in [1.807, 2.05) is 6.92 Å². The SMILES string of the molecule is CCc1cc(Cl)ccc1-n1cc(C(F)F)nn1. The number of aryl methyl sites for hydroxylation is 1. The van der Waals surface area contributed by atoms with E-state index in [1.54, 1.807) is 18.2 Å². The van der Waals surface area contributed by atoms with E-state index in [0.717, 1.165) is 17.7 Å². The summed E-state index contributed by atoms with van der Waals surface area (Å²) in [6.45, 7) is 1.96. The van der Waals surface area contributed by atoms with Gasteiger partial charge in [-0.1, -0.05) is 23.7 Å². The van der Waals surface area contributed by atoms with E-state index in [0.29, 0.717) is 5.02 Å². The number of nitrogens with zero attached hydrogens (tertiary/aromatic N) is 3.